The number of carboxylic acid groups (broad SMARTS) is 1. The predicted octanol–water partition coefficient (Wildman–Crippen LogP) is 2.03. The molecular formula is C17H20N4O3. The molecule has 1 unspecified atom stereocenters. The van der Waals surface area contributed by atoms with E-state index in [-0.39, 0.29) is 12.1 Å². The lowest BCUT2D eigenvalue weighted by Gasteiger charge is -2.11. The summed E-state index contributed by atoms with van der Waals surface area (Å²) in [6.07, 6.45) is 3.64. The zero-order chi connectivity index (χ0) is 17.7. The number of aliphatic carboxylic acids is 1. The summed E-state index contributed by atoms with van der Waals surface area (Å²) in [6, 6.07) is 6.64. The van der Waals surface area contributed by atoms with Crippen molar-refractivity contribution in [1.29, 1.82) is 0 Å². The highest BCUT2D eigenvalue weighted by Crippen LogP contribution is 2.14. The van der Waals surface area contributed by atoms with Crippen LogP contribution < -0.4 is 5.32 Å². The van der Waals surface area contributed by atoms with Crippen LogP contribution in [0.1, 0.15) is 35.1 Å². The zero-order valence-corrected chi connectivity index (χ0v) is 13.9. The standard InChI is InChI=1S/C17H20N4O3/c1-4-5-9-14(17(23)24)18-16(22)15-12(3)21(20-19-15)13-8-6-7-11(2)10-13/h4-8,10,14H,9H2,1-3H3,(H,18,22)(H,23,24)/b5-4+. The molecule has 0 aliphatic heterocycles. The number of carboxylic acids is 1. The van der Waals surface area contributed by atoms with Gasteiger partial charge in [0.1, 0.15) is 6.04 Å². The summed E-state index contributed by atoms with van der Waals surface area (Å²) in [6.45, 7) is 5.47. The lowest BCUT2D eigenvalue weighted by molar-refractivity contribution is -0.139. The number of rotatable bonds is 6. The van der Waals surface area contributed by atoms with Crippen LogP contribution >= 0.6 is 0 Å². The summed E-state index contributed by atoms with van der Waals surface area (Å²) >= 11 is 0. The van der Waals surface area contributed by atoms with Crippen LogP contribution in [0, 0.1) is 13.8 Å². The number of aromatic nitrogens is 3. The first-order valence-corrected chi connectivity index (χ1v) is 7.58. The summed E-state index contributed by atoms with van der Waals surface area (Å²) in [5.74, 6) is -1.64. The van der Waals surface area contributed by atoms with E-state index in [1.54, 1.807) is 30.7 Å². The summed E-state index contributed by atoms with van der Waals surface area (Å²) in [5, 5.41) is 19.6. The molecule has 0 aliphatic rings. The number of carbonyl (C=O) groups is 2. The van der Waals surface area contributed by atoms with Crippen molar-refractivity contribution in [2.45, 2.75) is 33.2 Å². The first kappa shape index (κ1) is 17.4. The Bertz CT molecular complexity index is 780. The summed E-state index contributed by atoms with van der Waals surface area (Å²) < 4.78 is 1.56. The van der Waals surface area contributed by atoms with Crippen molar-refractivity contribution in [1.82, 2.24) is 20.3 Å². The van der Waals surface area contributed by atoms with Crippen molar-refractivity contribution < 1.29 is 14.7 Å². The Morgan fingerprint density at radius 2 is 2.12 bits per heavy atom. The van der Waals surface area contributed by atoms with Gasteiger partial charge in [-0.15, -0.1) is 5.10 Å². The average Bonchev–Trinajstić information content (AvgIpc) is 2.92. The third-order valence-corrected chi connectivity index (χ3v) is 3.57. The van der Waals surface area contributed by atoms with Gasteiger partial charge in [0.05, 0.1) is 11.4 Å². The van der Waals surface area contributed by atoms with Gasteiger partial charge in [0.2, 0.25) is 0 Å². The Morgan fingerprint density at radius 3 is 2.75 bits per heavy atom. The van der Waals surface area contributed by atoms with Crippen LogP contribution in [0.4, 0.5) is 0 Å². The van der Waals surface area contributed by atoms with E-state index in [4.69, 9.17) is 0 Å². The Hall–Kier alpha value is -2.96. The van der Waals surface area contributed by atoms with E-state index in [2.05, 4.69) is 15.6 Å². The van der Waals surface area contributed by atoms with Crippen LogP contribution in [0.25, 0.3) is 5.69 Å². The molecule has 0 fully saturated rings. The highest BCUT2D eigenvalue weighted by molar-refractivity contribution is 5.95. The molecule has 2 aromatic rings. The normalized spacial score (nSPS) is 12.3. The molecule has 2 N–H and O–H groups in total. The van der Waals surface area contributed by atoms with Crippen LogP contribution in [0.2, 0.25) is 0 Å². The van der Waals surface area contributed by atoms with Crippen molar-refractivity contribution in [3.8, 4) is 5.69 Å². The van der Waals surface area contributed by atoms with Gasteiger partial charge < -0.3 is 10.4 Å². The van der Waals surface area contributed by atoms with Gasteiger partial charge >= 0.3 is 5.97 Å². The van der Waals surface area contributed by atoms with Crippen LogP contribution in [0.15, 0.2) is 36.4 Å². The van der Waals surface area contributed by atoms with E-state index >= 15 is 0 Å². The van der Waals surface area contributed by atoms with Crippen LogP contribution in [-0.2, 0) is 4.79 Å². The first-order chi connectivity index (χ1) is 11.4. The Labute approximate surface area is 140 Å². The Balaban J connectivity index is 2.23. The number of nitrogens with zero attached hydrogens (tertiary/aromatic N) is 3. The number of aryl methyl sites for hydroxylation is 1. The molecule has 7 nitrogen and oxygen atoms in total. The number of hydrogen-bond acceptors (Lipinski definition) is 4. The van der Waals surface area contributed by atoms with Gasteiger partial charge in [-0.3, -0.25) is 4.79 Å². The molecule has 0 spiro atoms. The number of allylic oxidation sites excluding steroid dienone is 1. The van der Waals surface area contributed by atoms with Gasteiger partial charge in [-0.05, 0) is 44.9 Å². The number of amides is 1. The largest absolute Gasteiger partial charge is 0.480 e. The molecule has 0 radical (unpaired) electrons. The fraction of sp³-hybridized carbons (Fsp3) is 0.294. The minimum absolute atomic E-state index is 0.114. The lowest BCUT2D eigenvalue weighted by atomic mass is 10.2. The van der Waals surface area contributed by atoms with E-state index in [1.165, 1.54) is 0 Å². The van der Waals surface area contributed by atoms with Crippen molar-refractivity contribution in [2.24, 2.45) is 0 Å². The zero-order valence-electron chi connectivity index (χ0n) is 13.9. The van der Waals surface area contributed by atoms with E-state index in [1.807, 2.05) is 31.2 Å². The highest BCUT2D eigenvalue weighted by Gasteiger charge is 2.23. The number of hydrogen-bond donors (Lipinski definition) is 2. The van der Waals surface area contributed by atoms with Gasteiger partial charge in [0, 0.05) is 0 Å². The minimum Gasteiger partial charge on any atom is -0.480 e. The van der Waals surface area contributed by atoms with Crippen molar-refractivity contribution in [3.05, 3.63) is 53.4 Å². The maximum Gasteiger partial charge on any atom is 0.326 e. The number of benzene rings is 1. The fourth-order valence-corrected chi connectivity index (χ4v) is 2.26. The van der Waals surface area contributed by atoms with Gasteiger partial charge in [-0.25, -0.2) is 9.48 Å². The average molecular weight is 328 g/mol. The van der Waals surface area contributed by atoms with Crippen molar-refractivity contribution in [2.75, 3.05) is 0 Å². The fourth-order valence-electron chi connectivity index (χ4n) is 2.26. The molecule has 1 heterocycles. The second-order valence-electron chi connectivity index (χ2n) is 5.44. The highest BCUT2D eigenvalue weighted by atomic mass is 16.4. The quantitative estimate of drug-likeness (QED) is 0.791. The molecule has 1 amide bonds. The molecule has 0 saturated carbocycles. The topological polar surface area (TPSA) is 97.1 Å². The van der Waals surface area contributed by atoms with Gasteiger partial charge in [-0.2, -0.15) is 0 Å². The molecule has 0 bridgehead atoms. The maximum atomic E-state index is 12.3. The lowest BCUT2D eigenvalue weighted by Crippen LogP contribution is -2.40. The SMILES string of the molecule is C/C=C/CC(NC(=O)c1nnn(-c2cccc(C)c2)c1C)C(=O)O. The van der Waals surface area contributed by atoms with E-state index < -0.39 is 17.9 Å². The molecular weight excluding hydrogens is 308 g/mol. The summed E-state index contributed by atoms with van der Waals surface area (Å²) in [4.78, 5) is 23.6. The summed E-state index contributed by atoms with van der Waals surface area (Å²) in [7, 11) is 0. The molecule has 24 heavy (non-hydrogen) atoms. The van der Waals surface area contributed by atoms with Crippen LogP contribution in [0.3, 0.4) is 0 Å². The van der Waals surface area contributed by atoms with Gasteiger partial charge in [0.15, 0.2) is 5.69 Å². The molecule has 126 valence electrons. The van der Waals surface area contributed by atoms with E-state index in [0.29, 0.717) is 5.69 Å². The van der Waals surface area contributed by atoms with E-state index in [9.17, 15) is 14.7 Å². The number of nitrogens with one attached hydrogen (secondary N) is 1. The van der Waals surface area contributed by atoms with Crippen LogP contribution in [0.5, 0.6) is 0 Å². The minimum atomic E-state index is -1.09. The molecule has 1 aromatic heterocycles. The molecule has 1 aromatic carbocycles. The third-order valence-electron chi connectivity index (χ3n) is 3.57. The molecule has 0 saturated heterocycles. The molecule has 0 aliphatic carbocycles. The van der Waals surface area contributed by atoms with E-state index in [0.717, 1.165) is 11.3 Å². The van der Waals surface area contributed by atoms with Crippen molar-refractivity contribution in [3.63, 3.8) is 0 Å². The van der Waals surface area contributed by atoms with Crippen molar-refractivity contribution >= 4 is 11.9 Å². The molecule has 2 rings (SSSR count). The predicted molar refractivity (Wildman–Crippen MR) is 89.2 cm³/mol. The second-order valence-corrected chi connectivity index (χ2v) is 5.44. The number of carbonyl (C=O) groups excluding carboxylic acids is 1. The monoisotopic (exact) mass is 328 g/mol. The second kappa shape index (κ2) is 7.54. The van der Waals surface area contributed by atoms with Crippen LogP contribution in [-0.4, -0.2) is 38.0 Å². The van der Waals surface area contributed by atoms with Gasteiger partial charge in [0.25, 0.3) is 5.91 Å². The third kappa shape index (κ3) is 3.87. The first-order valence-electron chi connectivity index (χ1n) is 7.58. The Morgan fingerprint density at radius 1 is 1.38 bits per heavy atom. The maximum absolute atomic E-state index is 12.3. The smallest absolute Gasteiger partial charge is 0.326 e. The summed E-state index contributed by atoms with van der Waals surface area (Å²) in [5.41, 5.74) is 2.52. The molecule has 7 heteroatoms. The van der Waals surface area contributed by atoms with Gasteiger partial charge in [-0.1, -0.05) is 29.5 Å². The molecule has 1 atom stereocenters. The Kier molecular flexibility index (Phi) is 5.47.